The predicted molar refractivity (Wildman–Crippen MR) is 95.8 cm³/mol. The maximum Gasteiger partial charge on any atom is 0.248 e. The third-order valence-electron chi connectivity index (χ3n) is 3.65. The van der Waals surface area contributed by atoms with E-state index in [1.165, 1.54) is 6.33 Å². The summed E-state index contributed by atoms with van der Waals surface area (Å²) in [5.41, 5.74) is 1.76. The summed E-state index contributed by atoms with van der Waals surface area (Å²) in [4.78, 5) is 16.1. The lowest BCUT2D eigenvalue weighted by molar-refractivity contribution is -0.116. The number of anilines is 1. The Hall–Kier alpha value is -2.38. The molecule has 2 aromatic heterocycles. The highest BCUT2D eigenvalue weighted by Crippen LogP contribution is 2.24. The smallest absolute Gasteiger partial charge is 0.248 e. The standard InChI is InChI=1S/C16H16Cl2N6O/c1-11-5-7-20-24(11)8-6-15(25)21-16-19-10-23(22-16)9-12-13(17)3-2-4-14(12)18/h2-5,7,10H,6,8-9H2,1H3,(H,21,22,25). The van der Waals surface area contributed by atoms with Crippen molar-refractivity contribution in [3.8, 4) is 0 Å². The number of amides is 1. The molecule has 0 aliphatic carbocycles. The molecule has 0 radical (unpaired) electrons. The fourth-order valence-corrected chi connectivity index (χ4v) is 2.82. The zero-order valence-electron chi connectivity index (χ0n) is 13.5. The lowest BCUT2D eigenvalue weighted by atomic mass is 10.2. The fourth-order valence-electron chi connectivity index (χ4n) is 2.30. The van der Waals surface area contributed by atoms with Gasteiger partial charge in [-0.25, -0.2) is 9.67 Å². The predicted octanol–water partition coefficient (Wildman–Crippen LogP) is 3.17. The van der Waals surface area contributed by atoms with Crippen LogP contribution in [0.5, 0.6) is 0 Å². The van der Waals surface area contributed by atoms with Gasteiger partial charge in [-0.3, -0.25) is 14.8 Å². The van der Waals surface area contributed by atoms with Crippen LogP contribution in [0.3, 0.4) is 0 Å². The highest BCUT2D eigenvalue weighted by atomic mass is 35.5. The van der Waals surface area contributed by atoms with E-state index in [4.69, 9.17) is 23.2 Å². The molecule has 1 N–H and O–H groups in total. The molecule has 2 heterocycles. The quantitative estimate of drug-likeness (QED) is 0.714. The van der Waals surface area contributed by atoms with Gasteiger partial charge in [0, 0.05) is 40.5 Å². The summed E-state index contributed by atoms with van der Waals surface area (Å²) in [6.07, 6.45) is 3.51. The number of hydrogen-bond donors (Lipinski definition) is 1. The van der Waals surface area contributed by atoms with Gasteiger partial charge in [0.2, 0.25) is 11.9 Å². The molecule has 3 rings (SSSR count). The summed E-state index contributed by atoms with van der Waals surface area (Å²) in [5.74, 6) is 0.0637. The molecule has 0 unspecified atom stereocenters. The average Bonchev–Trinajstić information content (AvgIpc) is 3.18. The number of halogens is 2. The Morgan fingerprint density at radius 1 is 1.24 bits per heavy atom. The number of rotatable bonds is 6. The van der Waals surface area contributed by atoms with E-state index in [2.05, 4.69) is 20.5 Å². The van der Waals surface area contributed by atoms with Crippen LogP contribution in [0.25, 0.3) is 0 Å². The van der Waals surface area contributed by atoms with Crippen LogP contribution >= 0.6 is 23.2 Å². The van der Waals surface area contributed by atoms with Crippen molar-refractivity contribution in [1.29, 1.82) is 0 Å². The minimum Gasteiger partial charge on any atom is -0.293 e. The lowest BCUT2D eigenvalue weighted by Crippen LogP contribution is -2.16. The highest BCUT2D eigenvalue weighted by Gasteiger charge is 2.10. The topological polar surface area (TPSA) is 77.6 Å². The third-order valence-corrected chi connectivity index (χ3v) is 4.36. The van der Waals surface area contributed by atoms with E-state index in [0.29, 0.717) is 23.1 Å². The Morgan fingerprint density at radius 2 is 2.00 bits per heavy atom. The van der Waals surface area contributed by atoms with Crippen LogP contribution in [0.4, 0.5) is 5.95 Å². The van der Waals surface area contributed by atoms with Crippen molar-refractivity contribution in [2.24, 2.45) is 0 Å². The minimum atomic E-state index is -0.177. The Kier molecular flexibility index (Phi) is 5.35. The first-order valence-corrected chi connectivity index (χ1v) is 8.39. The lowest BCUT2D eigenvalue weighted by Gasteiger charge is -2.06. The van der Waals surface area contributed by atoms with Crippen LogP contribution in [0.1, 0.15) is 17.7 Å². The van der Waals surface area contributed by atoms with Crippen LogP contribution in [-0.4, -0.2) is 30.5 Å². The first-order chi connectivity index (χ1) is 12.0. The highest BCUT2D eigenvalue weighted by molar-refractivity contribution is 6.35. The van der Waals surface area contributed by atoms with Gasteiger partial charge in [-0.1, -0.05) is 29.3 Å². The molecule has 1 aromatic carbocycles. The summed E-state index contributed by atoms with van der Waals surface area (Å²) < 4.78 is 3.34. The van der Waals surface area contributed by atoms with Crippen molar-refractivity contribution >= 4 is 35.1 Å². The third kappa shape index (κ3) is 4.37. The number of aromatic nitrogens is 5. The molecule has 9 heteroatoms. The fraction of sp³-hybridized carbons (Fsp3) is 0.250. The SMILES string of the molecule is Cc1ccnn1CCC(=O)Nc1ncn(Cc2c(Cl)cccc2Cl)n1. The Morgan fingerprint density at radius 3 is 2.68 bits per heavy atom. The Balaban J connectivity index is 1.58. The molecule has 0 bridgehead atoms. The zero-order valence-corrected chi connectivity index (χ0v) is 15.0. The van der Waals surface area contributed by atoms with Crippen molar-refractivity contribution in [1.82, 2.24) is 24.5 Å². The number of hydrogen-bond acceptors (Lipinski definition) is 4. The molecule has 0 saturated heterocycles. The van der Waals surface area contributed by atoms with Gasteiger partial charge in [0.25, 0.3) is 0 Å². The van der Waals surface area contributed by atoms with Gasteiger partial charge in [0.05, 0.1) is 6.54 Å². The molecule has 0 aliphatic rings. The summed E-state index contributed by atoms with van der Waals surface area (Å²) in [6, 6.07) is 7.20. The average molecular weight is 379 g/mol. The second-order valence-corrected chi connectivity index (χ2v) is 6.27. The molecule has 1 amide bonds. The maximum atomic E-state index is 12.0. The van der Waals surface area contributed by atoms with Gasteiger partial charge in [-0.15, -0.1) is 5.10 Å². The molecule has 7 nitrogen and oxygen atoms in total. The summed E-state index contributed by atoms with van der Waals surface area (Å²) in [7, 11) is 0. The monoisotopic (exact) mass is 378 g/mol. The molecule has 0 fully saturated rings. The summed E-state index contributed by atoms with van der Waals surface area (Å²) >= 11 is 12.3. The maximum absolute atomic E-state index is 12.0. The summed E-state index contributed by atoms with van der Waals surface area (Å²) in [6.45, 7) is 2.81. The molecule has 0 spiro atoms. The largest absolute Gasteiger partial charge is 0.293 e. The van der Waals surface area contributed by atoms with Crippen molar-refractivity contribution < 1.29 is 4.79 Å². The van der Waals surface area contributed by atoms with Crippen molar-refractivity contribution in [2.45, 2.75) is 26.4 Å². The van der Waals surface area contributed by atoms with Gasteiger partial charge >= 0.3 is 0 Å². The molecular formula is C16H16Cl2N6O. The van der Waals surface area contributed by atoms with E-state index in [0.717, 1.165) is 11.3 Å². The number of aryl methyl sites for hydroxylation is 2. The molecular weight excluding hydrogens is 363 g/mol. The van der Waals surface area contributed by atoms with E-state index in [1.807, 2.05) is 13.0 Å². The van der Waals surface area contributed by atoms with Crippen LogP contribution in [0.2, 0.25) is 10.0 Å². The number of carbonyl (C=O) groups excluding carboxylic acids is 1. The van der Waals surface area contributed by atoms with Gasteiger partial charge in [0.1, 0.15) is 6.33 Å². The van der Waals surface area contributed by atoms with Crippen LogP contribution < -0.4 is 5.32 Å². The number of carbonyl (C=O) groups is 1. The molecule has 0 saturated carbocycles. The number of nitrogens with one attached hydrogen (secondary N) is 1. The van der Waals surface area contributed by atoms with Crippen LogP contribution in [-0.2, 0) is 17.9 Å². The number of nitrogens with zero attached hydrogens (tertiary/aromatic N) is 5. The van der Waals surface area contributed by atoms with Crippen molar-refractivity contribution in [2.75, 3.05) is 5.32 Å². The zero-order chi connectivity index (χ0) is 17.8. The van der Waals surface area contributed by atoms with E-state index in [-0.39, 0.29) is 18.3 Å². The number of benzene rings is 1. The molecule has 0 aliphatic heterocycles. The van der Waals surface area contributed by atoms with Gasteiger partial charge in [-0.2, -0.15) is 5.10 Å². The van der Waals surface area contributed by atoms with Gasteiger partial charge in [0.15, 0.2) is 0 Å². The van der Waals surface area contributed by atoms with Gasteiger partial charge < -0.3 is 0 Å². The molecule has 0 atom stereocenters. The normalized spacial score (nSPS) is 10.8. The van der Waals surface area contributed by atoms with E-state index < -0.39 is 0 Å². The van der Waals surface area contributed by atoms with E-state index in [1.54, 1.807) is 33.8 Å². The second-order valence-electron chi connectivity index (χ2n) is 5.46. The molecule has 3 aromatic rings. The first kappa shape index (κ1) is 17.4. The Labute approximate surface area is 154 Å². The Bertz CT molecular complexity index is 868. The van der Waals surface area contributed by atoms with Crippen LogP contribution in [0, 0.1) is 6.92 Å². The first-order valence-electron chi connectivity index (χ1n) is 7.63. The van der Waals surface area contributed by atoms with Crippen molar-refractivity contribution in [3.05, 3.63) is 58.1 Å². The van der Waals surface area contributed by atoms with Crippen molar-refractivity contribution in [3.63, 3.8) is 0 Å². The minimum absolute atomic E-state index is 0.177. The van der Waals surface area contributed by atoms with Gasteiger partial charge in [-0.05, 0) is 25.1 Å². The van der Waals surface area contributed by atoms with E-state index in [9.17, 15) is 4.79 Å². The molecule has 130 valence electrons. The second kappa shape index (κ2) is 7.67. The van der Waals surface area contributed by atoms with E-state index >= 15 is 0 Å². The van der Waals surface area contributed by atoms with Crippen LogP contribution in [0.15, 0.2) is 36.8 Å². The summed E-state index contributed by atoms with van der Waals surface area (Å²) in [5, 5.41) is 12.1. The molecule has 25 heavy (non-hydrogen) atoms.